The van der Waals surface area contributed by atoms with E-state index in [1.807, 2.05) is 0 Å². The van der Waals surface area contributed by atoms with E-state index in [0.29, 0.717) is 39.1 Å². The lowest BCUT2D eigenvalue weighted by atomic mass is 10.1. The molecule has 0 spiro atoms. The van der Waals surface area contributed by atoms with E-state index in [9.17, 15) is 9.59 Å². The molecule has 0 aromatic rings. The van der Waals surface area contributed by atoms with Gasteiger partial charge in [0.15, 0.2) is 0 Å². The molecular formula is C42H82Cl2N2O4. The van der Waals surface area contributed by atoms with Gasteiger partial charge in [0.25, 0.3) is 0 Å². The summed E-state index contributed by atoms with van der Waals surface area (Å²) in [5.41, 5.74) is 0. The first-order valence-electron chi connectivity index (χ1n) is 20.7. The molecule has 0 saturated heterocycles. The van der Waals surface area contributed by atoms with Gasteiger partial charge in [-0.15, -0.1) is 24.8 Å². The Morgan fingerprint density at radius 2 is 0.680 bits per heavy atom. The summed E-state index contributed by atoms with van der Waals surface area (Å²) in [6.45, 7) is 8.25. The smallest absolute Gasteiger partial charge is 0.305 e. The Bertz CT molecular complexity index is 677. The molecule has 0 amide bonds. The highest BCUT2D eigenvalue weighted by Gasteiger charge is 2.04. The number of rotatable bonds is 39. The van der Waals surface area contributed by atoms with Crippen LogP contribution in [0.15, 0.2) is 24.3 Å². The standard InChI is InChI=1S/C42H80N2O4.2ClH/c1-3-5-7-9-11-13-15-17-19-21-23-25-27-29-31-33-41(45)47-39-37-43-35-36-44-38-40-48-42(46)34-32-30-28-26-24-22-20-18-16-14-12-10-8-6-4-2;;/h17-20,43-44H,3-16,21-40H2,1-2H3;2*1H/b19-17-,20-18-;;. The molecule has 0 heterocycles. The molecule has 0 rings (SSSR count). The normalized spacial score (nSPS) is 11.2. The van der Waals surface area contributed by atoms with Gasteiger partial charge in [-0.25, -0.2) is 0 Å². The number of esters is 2. The van der Waals surface area contributed by atoms with Crippen molar-refractivity contribution in [1.29, 1.82) is 0 Å². The number of nitrogens with one attached hydrogen (secondary N) is 2. The van der Waals surface area contributed by atoms with Crippen LogP contribution in [0, 0.1) is 0 Å². The second-order valence-corrected chi connectivity index (χ2v) is 13.6. The monoisotopic (exact) mass is 749 g/mol. The van der Waals surface area contributed by atoms with Crippen LogP contribution in [0.1, 0.15) is 194 Å². The van der Waals surface area contributed by atoms with Crippen LogP contribution in [-0.4, -0.2) is 51.3 Å². The largest absolute Gasteiger partial charge is 0.464 e. The number of carbonyl (C=O) groups is 2. The zero-order valence-corrected chi connectivity index (χ0v) is 34.4. The predicted octanol–water partition coefficient (Wildman–Crippen LogP) is 12.2. The molecule has 0 aromatic carbocycles. The summed E-state index contributed by atoms with van der Waals surface area (Å²) < 4.78 is 10.7. The van der Waals surface area contributed by atoms with E-state index in [2.05, 4.69) is 48.8 Å². The average Bonchev–Trinajstić information content (AvgIpc) is 3.09. The summed E-state index contributed by atoms with van der Waals surface area (Å²) in [5, 5.41) is 6.55. The molecule has 2 N–H and O–H groups in total. The van der Waals surface area contributed by atoms with Crippen molar-refractivity contribution < 1.29 is 19.1 Å². The minimum atomic E-state index is -0.0869. The minimum absolute atomic E-state index is 0. The molecule has 0 aliphatic rings. The third-order valence-electron chi connectivity index (χ3n) is 8.85. The molecule has 0 atom stereocenters. The molecule has 0 aliphatic carbocycles. The van der Waals surface area contributed by atoms with Crippen LogP contribution in [0.2, 0.25) is 0 Å². The summed E-state index contributed by atoms with van der Waals surface area (Å²) in [6, 6.07) is 0. The second kappa shape index (κ2) is 47.9. The number of halogens is 2. The van der Waals surface area contributed by atoms with Gasteiger partial charge in [-0.05, 0) is 64.2 Å². The Labute approximate surface area is 322 Å². The first kappa shape index (κ1) is 53.3. The minimum Gasteiger partial charge on any atom is -0.464 e. The second-order valence-electron chi connectivity index (χ2n) is 13.6. The summed E-state index contributed by atoms with van der Waals surface area (Å²) in [6.07, 6.45) is 43.2. The molecule has 0 fully saturated rings. The zero-order valence-electron chi connectivity index (χ0n) is 32.8. The highest BCUT2D eigenvalue weighted by atomic mass is 35.5. The Morgan fingerprint density at radius 1 is 0.400 bits per heavy atom. The molecule has 298 valence electrons. The predicted molar refractivity (Wildman–Crippen MR) is 221 cm³/mol. The van der Waals surface area contributed by atoms with Gasteiger partial charge in [0.2, 0.25) is 0 Å². The molecule has 8 heteroatoms. The molecule has 0 bridgehead atoms. The van der Waals surface area contributed by atoms with Gasteiger partial charge < -0.3 is 20.1 Å². The number of allylic oxidation sites excluding steroid dienone is 4. The third-order valence-corrected chi connectivity index (χ3v) is 8.85. The van der Waals surface area contributed by atoms with E-state index in [1.54, 1.807) is 0 Å². The van der Waals surface area contributed by atoms with E-state index in [0.717, 1.165) is 38.8 Å². The van der Waals surface area contributed by atoms with E-state index < -0.39 is 0 Å². The van der Waals surface area contributed by atoms with Crippen molar-refractivity contribution in [3.8, 4) is 0 Å². The summed E-state index contributed by atoms with van der Waals surface area (Å²) >= 11 is 0. The van der Waals surface area contributed by atoms with Crippen LogP contribution in [0.3, 0.4) is 0 Å². The van der Waals surface area contributed by atoms with Gasteiger partial charge in [0, 0.05) is 39.0 Å². The molecular weight excluding hydrogens is 667 g/mol. The summed E-state index contributed by atoms with van der Waals surface area (Å²) in [7, 11) is 0. The van der Waals surface area contributed by atoms with Crippen molar-refractivity contribution in [3.05, 3.63) is 24.3 Å². The van der Waals surface area contributed by atoms with Crippen molar-refractivity contribution in [2.24, 2.45) is 0 Å². The highest BCUT2D eigenvalue weighted by Crippen LogP contribution is 2.12. The number of hydrogen-bond acceptors (Lipinski definition) is 6. The fourth-order valence-electron chi connectivity index (χ4n) is 5.73. The lowest BCUT2D eigenvalue weighted by Crippen LogP contribution is -2.31. The molecule has 0 aromatic heterocycles. The van der Waals surface area contributed by atoms with Crippen molar-refractivity contribution in [2.45, 2.75) is 194 Å². The van der Waals surface area contributed by atoms with Crippen LogP contribution in [-0.2, 0) is 19.1 Å². The number of hydrogen-bond donors (Lipinski definition) is 2. The summed E-state index contributed by atoms with van der Waals surface area (Å²) in [4.78, 5) is 23.8. The van der Waals surface area contributed by atoms with Gasteiger partial charge >= 0.3 is 11.9 Å². The molecule has 0 saturated carbocycles. The fraction of sp³-hybridized carbons (Fsp3) is 0.857. The van der Waals surface area contributed by atoms with E-state index in [1.165, 1.54) is 141 Å². The molecule has 0 radical (unpaired) electrons. The Morgan fingerprint density at radius 3 is 1.00 bits per heavy atom. The summed E-state index contributed by atoms with van der Waals surface area (Å²) in [5.74, 6) is -0.174. The van der Waals surface area contributed by atoms with Gasteiger partial charge in [0.05, 0.1) is 0 Å². The van der Waals surface area contributed by atoms with Crippen LogP contribution >= 0.6 is 24.8 Å². The molecule has 50 heavy (non-hydrogen) atoms. The number of ether oxygens (including phenoxy) is 2. The van der Waals surface area contributed by atoms with Gasteiger partial charge in [-0.2, -0.15) is 0 Å². The van der Waals surface area contributed by atoms with Crippen LogP contribution < -0.4 is 10.6 Å². The fourth-order valence-corrected chi connectivity index (χ4v) is 5.73. The maximum Gasteiger partial charge on any atom is 0.305 e. The third kappa shape index (κ3) is 46.9. The van der Waals surface area contributed by atoms with Gasteiger partial charge in [0.1, 0.15) is 13.2 Å². The van der Waals surface area contributed by atoms with E-state index in [-0.39, 0.29) is 36.8 Å². The van der Waals surface area contributed by atoms with Gasteiger partial charge in [-0.1, -0.05) is 141 Å². The SMILES string of the molecule is CCCCCCCC/C=C\CCCCCCCC(=O)OCCNCCNCCOC(=O)CCCCCCC/C=C\CCCCCCCC.Cl.Cl. The molecule has 0 aliphatic heterocycles. The van der Waals surface area contributed by atoms with Crippen LogP contribution in [0.5, 0.6) is 0 Å². The van der Waals surface area contributed by atoms with Crippen LogP contribution in [0.25, 0.3) is 0 Å². The van der Waals surface area contributed by atoms with E-state index >= 15 is 0 Å². The van der Waals surface area contributed by atoms with Crippen molar-refractivity contribution in [3.63, 3.8) is 0 Å². The lowest BCUT2D eigenvalue weighted by molar-refractivity contribution is -0.144. The number of carbonyl (C=O) groups excluding carboxylic acids is 2. The highest BCUT2D eigenvalue weighted by molar-refractivity contribution is 5.85. The Kier molecular flexibility index (Phi) is 51.1. The van der Waals surface area contributed by atoms with Crippen molar-refractivity contribution in [1.82, 2.24) is 10.6 Å². The zero-order chi connectivity index (χ0) is 34.9. The van der Waals surface area contributed by atoms with Gasteiger partial charge in [-0.3, -0.25) is 9.59 Å². The first-order chi connectivity index (χ1) is 23.7. The average molecular weight is 750 g/mol. The van der Waals surface area contributed by atoms with E-state index in [4.69, 9.17) is 9.47 Å². The Balaban J connectivity index is -0.0000110. The molecule has 0 unspecified atom stereocenters. The number of unbranched alkanes of at least 4 members (excludes halogenated alkanes) is 22. The first-order valence-corrected chi connectivity index (χ1v) is 20.7. The molecule has 6 nitrogen and oxygen atoms in total. The maximum atomic E-state index is 11.9. The van der Waals surface area contributed by atoms with Crippen molar-refractivity contribution >= 4 is 36.8 Å². The van der Waals surface area contributed by atoms with Crippen LogP contribution in [0.4, 0.5) is 0 Å². The topological polar surface area (TPSA) is 76.7 Å². The lowest BCUT2D eigenvalue weighted by Gasteiger charge is -2.08. The van der Waals surface area contributed by atoms with Crippen molar-refractivity contribution in [2.75, 3.05) is 39.4 Å². The maximum absolute atomic E-state index is 11.9. The quantitative estimate of drug-likeness (QED) is 0.0370. The Hall–Kier alpha value is -1.08.